The van der Waals surface area contributed by atoms with Crippen molar-refractivity contribution in [3.63, 3.8) is 0 Å². The van der Waals surface area contributed by atoms with Gasteiger partial charge in [-0.15, -0.1) is 0 Å². The quantitative estimate of drug-likeness (QED) is 0.649. The number of hydrogen-bond acceptors (Lipinski definition) is 3. The van der Waals surface area contributed by atoms with Crippen LogP contribution < -0.4 is 5.32 Å². The van der Waals surface area contributed by atoms with Crippen LogP contribution in [0, 0.1) is 0 Å². The van der Waals surface area contributed by atoms with E-state index in [2.05, 4.69) is 10.4 Å². The third-order valence-electron chi connectivity index (χ3n) is 5.25. The van der Waals surface area contributed by atoms with Crippen molar-refractivity contribution in [3.05, 3.63) is 66.6 Å². The zero-order valence-electron chi connectivity index (χ0n) is 16.4. The molecule has 1 aromatic carbocycles. The van der Waals surface area contributed by atoms with Crippen LogP contribution in [-0.4, -0.2) is 36.3 Å². The highest BCUT2D eigenvalue weighted by Gasteiger charge is 2.20. The molecule has 29 heavy (non-hydrogen) atoms. The van der Waals surface area contributed by atoms with Crippen molar-refractivity contribution in [1.82, 2.24) is 19.7 Å². The molecule has 6 nitrogen and oxygen atoms in total. The largest absolute Gasteiger partial charge is 0.353 e. The Kier molecular flexibility index (Phi) is 6.24. The summed E-state index contributed by atoms with van der Waals surface area (Å²) in [6.07, 6.45) is 11.3. The second kappa shape index (κ2) is 9.22. The lowest BCUT2D eigenvalue weighted by molar-refractivity contribution is -0.119. The molecule has 1 aliphatic carbocycles. The first-order valence-electron chi connectivity index (χ1n) is 10.1. The molecule has 4 rings (SSSR count). The van der Waals surface area contributed by atoms with Gasteiger partial charge in [-0.05, 0) is 37.1 Å². The van der Waals surface area contributed by atoms with E-state index in [1.807, 2.05) is 64.1 Å². The van der Waals surface area contributed by atoms with E-state index in [1.165, 1.54) is 6.42 Å². The van der Waals surface area contributed by atoms with Crippen LogP contribution in [0.2, 0.25) is 0 Å². The lowest BCUT2D eigenvalue weighted by Gasteiger charge is -2.22. The molecule has 1 atom stereocenters. The van der Waals surface area contributed by atoms with Crippen LogP contribution in [0.5, 0.6) is 0 Å². The van der Waals surface area contributed by atoms with E-state index in [0.717, 1.165) is 42.8 Å². The number of hydrogen-bond donors (Lipinski definition) is 1. The van der Waals surface area contributed by atoms with Crippen LogP contribution in [0.3, 0.4) is 0 Å². The van der Waals surface area contributed by atoms with E-state index in [1.54, 1.807) is 6.20 Å². The maximum absolute atomic E-state index is 12.7. The molecule has 0 aliphatic heterocycles. The SMILES string of the molecule is O=C(CS(=O)Cc1cnn(-c2ccccc2)c1-n1cccc1)NC1CCCCC1. The summed E-state index contributed by atoms with van der Waals surface area (Å²) in [5.41, 5.74) is 1.79. The van der Waals surface area contributed by atoms with Gasteiger partial charge in [0.15, 0.2) is 0 Å². The highest BCUT2D eigenvalue weighted by Crippen LogP contribution is 2.21. The molecular weight excluding hydrogens is 384 g/mol. The monoisotopic (exact) mass is 410 g/mol. The number of nitrogens with zero attached hydrogens (tertiary/aromatic N) is 3. The predicted molar refractivity (Wildman–Crippen MR) is 115 cm³/mol. The number of nitrogens with one attached hydrogen (secondary N) is 1. The Morgan fingerprint density at radius 1 is 1.07 bits per heavy atom. The summed E-state index contributed by atoms with van der Waals surface area (Å²) < 4.78 is 16.5. The number of amides is 1. The second-order valence-electron chi connectivity index (χ2n) is 7.46. The van der Waals surface area contributed by atoms with E-state index in [4.69, 9.17) is 0 Å². The zero-order chi connectivity index (χ0) is 20.1. The third kappa shape index (κ3) is 4.85. The Morgan fingerprint density at radius 3 is 2.52 bits per heavy atom. The van der Waals surface area contributed by atoms with Crippen molar-refractivity contribution in [1.29, 1.82) is 0 Å². The maximum atomic E-state index is 12.7. The molecule has 0 saturated heterocycles. The van der Waals surface area contributed by atoms with Crippen LogP contribution in [-0.2, 0) is 21.3 Å². The van der Waals surface area contributed by atoms with Gasteiger partial charge in [-0.2, -0.15) is 5.10 Å². The first kappa shape index (κ1) is 19.6. The van der Waals surface area contributed by atoms with E-state index in [9.17, 15) is 9.00 Å². The summed E-state index contributed by atoms with van der Waals surface area (Å²) in [5.74, 6) is 1.05. The predicted octanol–water partition coefficient (Wildman–Crippen LogP) is 3.36. The molecule has 3 aromatic rings. The zero-order valence-corrected chi connectivity index (χ0v) is 17.2. The molecule has 1 amide bonds. The molecule has 1 saturated carbocycles. The van der Waals surface area contributed by atoms with Crippen molar-refractivity contribution in [2.75, 3.05) is 5.75 Å². The third-order valence-corrected chi connectivity index (χ3v) is 6.46. The highest BCUT2D eigenvalue weighted by molar-refractivity contribution is 7.84. The smallest absolute Gasteiger partial charge is 0.232 e. The Balaban J connectivity index is 1.49. The second-order valence-corrected chi connectivity index (χ2v) is 8.92. The van der Waals surface area contributed by atoms with Crippen LogP contribution in [0.25, 0.3) is 11.5 Å². The molecule has 0 radical (unpaired) electrons. The van der Waals surface area contributed by atoms with Crippen molar-refractivity contribution in [2.24, 2.45) is 0 Å². The number of para-hydroxylation sites is 1. The summed E-state index contributed by atoms with van der Waals surface area (Å²) >= 11 is 0. The molecule has 7 heteroatoms. The molecule has 0 bridgehead atoms. The minimum atomic E-state index is -1.30. The minimum absolute atomic E-state index is 0.0259. The van der Waals surface area contributed by atoms with Gasteiger partial charge in [0.25, 0.3) is 0 Å². The standard InChI is InChI=1S/C22H26N4O2S/c27-21(24-19-9-3-1-4-10-19)17-29(28)16-18-15-23-26(20-11-5-2-6-12-20)22(18)25-13-7-8-14-25/h2,5-8,11-15,19H,1,3-4,9-10,16-17H2,(H,24,27). The van der Waals surface area contributed by atoms with Gasteiger partial charge in [0.05, 0.1) is 17.6 Å². The van der Waals surface area contributed by atoms with Gasteiger partial charge in [-0.1, -0.05) is 37.5 Å². The fourth-order valence-electron chi connectivity index (χ4n) is 3.87. The van der Waals surface area contributed by atoms with Gasteiger partial charge in [-0.3, -0.25) is 9.00 Å². The Morgan fingerprint density at radius 2 is 1.79 bits per heavy atom. The van der Waals surface area contributed by atoms with Crippen molar-refractivity contribution < 1.29 is 9.00 Å². The summed E-state index contributed by atoms with van der Waals surface area (Å²) in [5, 5.41) is 7.58. The minimum Gasteiger partial charge on any atom is -0.353 e. The first-order chi connectivity index (χ1) is 14.2. The van der Waals surface area contributed by atoms with E-state index in [-0.39, 0.29) is 17.7 Å². The summed E-state index contributed by atoms with van der Waals surface area (Å²) in [6.45, 7) is 0. The highest BCUT2D eigenvalue weighted by atomic mass is 32.2. The van der Waals surface area contributed by atoms with Gasteiger partial charge in [0.1, 0.15) is 11.6 Å². The Bertz CT molecular complexity index is 960. The molecule has 1 N–H and O–H groups in total. The number of carbonyl (C=O) groups is 1. The topological polar surface area (TPSA) is 68.9 Å². The first-order valence-corrected chi connectivity index (χ1v) is 11.6. The maximum Gasteiger partial charge on any atom is 0.232 e. The molecular formula is C22H26N4O2S. The van der Waals surface area contributed by atoms with E-state index >= 15 is 0 Å². The van der Waals surface area contributed by atoms with Gasteiger partial charge in [0.2, 0.25) is 5.91 Å². The molecule has 1 unspecified atom stereocenters. The van der Waals surface area contributed by atoms with E-state index < -0.39 is 10.8 Å². The average molecular weight is 411 g/mol. The van der Waals surface area contributed by atoms with Crippen LogP contribution >= 0.6 is 0 Å². The van der Waals surface area contributed by atoms with Crippen molar-refractivity contribution >= 4 is 16.7 Å². The average Bonchev–Trinajstić information content (AvgIpc) is 3.39. The molecule has 2 heterocycles. The van der Waals surface area contributed by atoms with Crippen LogP contribution in [0.4, 0.5) is 0 Å². The van der Waals surface area contributed by atoms with Gasteiger partial charge < -0.3 is 9.88 Å². The number of benzene rings is 1. The van der Waals surface area contributed by atoms with E-state index in [0.29, 0.717) is 5.75 Å². The fraction of sp³-hybridized carbons (Fsp3) is 0.364. The van der Waals surface area contributed by atoms with Gasteiger partial charge in [0, 0.05) is 34.8 Å². The van der Waals surface area contributed by atoms with Crippen molar-refractivity contribution in [3.8, 4) is 11.5 Å². The lowest BCUT2D eigenvalue weighted by atomic mass is 9.95. The van der Waals surface area contributed by atoms with Crippen molar-refractivity contribution in [2.45, 2.75) is 43.9 Å². The summed E-state index contributed by atoms with van der Waals surface area (Å²) in [4.78, 5) is 12.3. The lowest BCUT2D eigenvalue weighted by Crippen LogP contribution is -2.38. The van der Waals surface area contributed by atoms with Crippen LogP contribution in [0.1, 0.15) is 37.7 Å². The number of aromatic nitrogens is 3. The molecule has 1 fully saturated rings. The summed E-state index contributed by atoms with van der Waals surface area (Å²) in [6, 6.07) is 14.0. The number of rotatable bonds is 7. The Hall–Kier alpha value is -2.67. The molecule has 152 valence electrons. The molecule has 1 aliphatic rings. The number of carbonyl (C=O) groups excluding carboxylic acids is 1. The van der Waals surface area contributed by atoms with Gasteiger partial charge >= 0.3 is 0 Å². The molecule has 2 aromatic heterocycles. The summed E-state index contributed by atoms with van der Waals surface area (Å²) in [7, 11) is -1.30. The van der Waals surface area contributed by atoms with Crippen LogP contribution in [0.15, 0.2) is 61.1 Å². The Labute approximate surface area is 173 Å². The normalized spacial score (nSPS) is 15.9. The fourth-order valence-corrected chi connectivity index (χ4v) is 4.90. The van der Waals surface area contributed by atoms with Gasteiger partial charge in [-0.25, -0.2) is 4.68 Å². The molecule has 0 spiro atoms.